The summed E-state index contributed by atoms with van der Waals surface area (Å²) in [6.45, 7) is 0. The van der Waals surface area contributed by atoms with Crippen molar-refractivity contribution in [1.82, 2.24) is 10.3 Å². The maximum Gasteiger partial charge on any atom is 0.417 e. The number of aromatic nitrogens is 1. The van der Waals surface area contributed by atoms with E-state index in [9.17, 15) is 31.6 Å². The summed E-state index contributed by atoms with van der Waals surface area (Å²) in [5.41, 5.74) is -1.86. The van der Waals surface area contributed by atoms with Gasteiger partial charge in [-0.05, 0) is 49.4 Å². The highest BCUT2D eigenvalue weighted by Crippen LogP contribution is 2.43. The Morgan fingerprint density at radius 2 is 1.94 bits per heavy atom. The summed E-state index contributed by atoms with van der Waals surface area (Å²) in [6.07, 6.45) is -2.49. The van der Waals surface area contributed by atoms with Crippen molar-refractivity contribution < 1.29 is 31.1 Å². The summed E-state index contributed by atoms with van der Waals surface area (Å²) in [4.78, 5) is 15.8. The molecule has 0 unspecified atom stereocenters. The number of hydrogen-bond acceptors (Lipinski definition) is 6. The Morgan fingerprint density at radius 1 is 1.23 bits per heavy atom. The van der Waals surface area contributed by atoms with Gasteiger partial charge < -0.3 is 10.1 Å². The quantitative estimate of drug-likeness (QED) is 0.604. The lowest BCUT2D eigenvalue weighted by Crippen LogP contribution is -2.42. The Morgan fingerprint density at radius 3 is 2.51 bits per heavy atom. The lowest BCUT2D eigenvalue weighted by atomic mass is 10.0. The van der Waals surface area contributed by atoms with Gasteiger partial charge in [0, 0.05) is 25.1 Å². The third-order valence-corrected chi connectivity index (χ3v) is 8.93. The maximum atomic E-state index is 14.0. The zero-order valence-electron chi connectivity index (χ0n) is 18.5. The van der Waals surface area contributed by atoms with Crippen molar-refractivity contribution in [2.24, 2.45) is 5.92 Å². The number of alkyl halides is 3. The van der Waals surface area contributed by atoms with Crippen LogP contribution in [0.15, 0.2) is 41.6 Å². The van der Waals surface area contributed by atoms with E-state index in [1.165, 1.54) is 31.6 Å². The van der Waals surface area contributed by atoms with E-state index in [1.807, 2.05) is 6.07 Å². The first kappa shape index (κ1) is 25.4. The third kappa shape index (κ3) is 5.01. The molecule has 2 fully saturated rings. The van der Waals surface area contributed by atoms with Gasteiger partial charge in [-0.2, -0.15) is 18.4 Å². The molecule has 7 nitrogen and oxygen atoms in total. The minimum absolute atomic E-state index is 0.107. The fourth-order valence-corrected chi connectivity index (χ4v) is 6.57. The monoisotopic (exact) mass is 527 g/mol. The van der Waals surface area contributed by atoms with Gasteiger partial charge in [0.05, 0.1) is 38.8 Å². The number of methoxy groups -OCH3 is 1. The highest BCUT2D eigenvalue weighted by atomic mass is 35.5. The summed E-state index contributed by atoms with van der Waals surface area (Å²) in [7, 11) is -3.18. The smallest absolute Gasteiger partial charge is 0.381 e. The predicted octanol–water partition coefficient (Wildman–Crippen LogP) is 4.16. The van der Waals surface area contributed by atoms with Crippen LogP contribution >= 0.6 is 11.6 Å². The number of sulfone groups is 1. The number of benzene rings is 1. The first-order chi connectivity index (χ1) is 16.4. The summed E-state index contributed by atoms with van der Waals surface area (Å²) in [6, 6.07) is 6.41. The zero-order chi connectivity index (χ0) is 25.6. The molecule has 3 atom stereocenters. The highest BCUT2D eigenvalue weighted by molar-refractivity contribution is 7.92. The largest absolute Gasteiger partial charge is 0.417 e. The van der Waals surface area contributed by atoms with E-state index in [-0.39, 0.29) is 23.4 Å². The fraction of sp³-hybridized carbons (Fsp3) is 0.435. The van der Waals surface area contributed by atoms with Gasteiger partial charge in [-0.3, -0.25) is 9.78 Å². The number of carbonyl (C=O) groups excluding carboxylic acids is 1. The summed E-state index contributed by atoms with van der Waals surface area (Å²) in [5, 5.41) is 10.8. The SMILES string of the molecule is CO[C@H]1C[C@@H](S(=O)(=O)c2ccc(-c3cncc(Cl)c3)cc2C(F)(F)F)C[C@@H]1C(=O)NC1(C#N)CC1. The van der Waals surface area contributed by atoms with E-state index < -0.39 is 55.2 Å². The van der Waals surface area contributed by atoms with Crippen LogP contribution in [0.2, 0.25) is 5.02 Å². The minimum Gasteiger partial charge on any atom is -0.381 e. The van der Waals surface area contributed by atoms with Crippen LogP contribution in [0.25, 0.3) is 11.1 Å². The number of carbonyl (C=O) groups is 1. The summed E-state index contributed by atoms with van der Waals surface area (Å²) >= 11 is 5.89. The molecule has 4 rings (SSSR count). The van der Waals surface area contributed by atoms with E-state index in [4.69, 9.17) is 16.3 Å². The van der Waals surface area contributed by atoms with Crippen molar-refractivity contribution in [3.63, 3.8) is 0 Å². The number of halogens is 4. The normalized spacial score (nSPS) is 23.5. The van der Waals surface area contributed by atoms with E-state index in [2.05, 4.69) is 10.3 Å². The first-order valence-corrected chi connectivity index (χ1v) is 12.6. The summed E-state index contributed by atoms with van der Waals surface area (Å²) in [5.74, 6) is -1.44. The van der Waals surface area contributed by atoms with Gasteiger partial charge in [-0.25, -0.2) is 8.42 Å². The molecular weight excluding hydrogens is 507 g/mol. The molecule has 186 valence electrons. The molecule has 2 aromatic rings. The molecule has 35 heavy (non-hydrogen) atoms. The maximum absolute atomic E-state index is 14.0. The van der Waals surface area contributed by atoms with Crippen molar-refractivity contribution in [2.45, 2.75) is 53.6 Å². The molecule has 0 aliphatic heterocycles. The molecule has 0 radical (unpaired) electrons. The Kier molecular flexibility index (Phi) is 6.59. The average Bonchev–Trinajstić information content (AvgIpc) is 3.43. The minimum atomic E-state index is -4.95. The van der Waals surface area contributed by atoms with Gasteiger partial charge in [0.1, 0.15) is 5.54 Å². The lowest BCUT2D eigenvalue weighted by Gasteiger charge is -2.19. The van der Waals surface area contributed by atoms with Gasteiger partial charge in [0.2, 0.25) is 5.91 Å². The lowest BCUT2D eigenvalue weighted by molar-refractivity contribution is -0.139. The second-order valence-electron chi connectivity index (χ2n) is 8.80. The van der Waals surface area contributed by atoms with Gasteiger partial charge in [-0.1, -0.05) is 17.7 Å². The molecule has 2 aliphatic carbocycles. The molecule has 2 saturated carbocycles. The van der Waals surface area contributed by atoms with Crippen molar-refractivity contribution >= 4 is 27.3 Å². The molecule has 0 bridgehead atoms. The Labute approximate surface area is 205 Å². The van der Waals surface area contributed by atoms with Crippen LogP contribution < -0.4 is 5.32 Å². The van der Waals surface area contributed by atoms with Crippen LogP contribution in [0, 0.1) is 17.2 Å². The van der Waals surface area contributed by atoms with Crippen molar-refractivity contribution in [3.05, 3.63) is 47.2 Å². The van der Waals surface area contributed by atoms with Crippen LogP contribution in [0.3, 0.4) is 0 Å². The third-order valence-electron chi connectivity index (χ3n) is 6.50. The van der Waals surface area contributed by atoms with E-state index in [0.717, 1.165) is 12.1 Å². The number of nitrogens with one attached hydrogen (secondary N) is 1. The molecule has 1 aromatic heterocycles. The first-order valence-electron chi connectivity index (χ1n) is 10.7. The molecular formula is C23H21ClF3N3O4S. The number of pyridine rings is 1. The predicted molar refractivity (Wildman–Crippen MR) is 120 cm³/mol. The number of ether oxygens (including phenoxy) is 1. The fourth-order valence-electron chi connectivity index (χ4n) is 4.39. The van der Waals surface area contributed by atoms with Gasteiger partial charge in [-0.15, -0.1) is 0 Å². The molecule has 12 heteroatoms. The van der Waals surface area contributed by atoms with E-state index >= 15 is 0 Å². The van der Waals surface area contributed by atoms with Crippen LogP contribution in [0.4, 0.5) is 13.2 Å². The molecule has 1 aromatic carbocycles. The number of nitrogens with zero attached hydrogens (tertiary/aromatic N) is 2. The van der Waals surface area contributed by atoms with Crippen LogP contribution in [-0.4, -0.2) is 43.3 Å². The Balaban J connectivity index is 1.67. The molecule has 0 saturated heterocycles. The van der Waals surface area contributed by atoms with Crippen LogP contribution in [-0.2, 0) is 25.5 Å². The summed E-state index contributed by atoms with van der Waals surface area (Å²) < 4.78 is 74.1. The van der Waals surface area contributed by atoms with Gasteiger partial charge in [0.25, 0.3) is 0 Å². The number of amides is 1. The Bertz CT molecular complexity index is 1310. The molecule has 0 spiro atoms. The Hall–Kier alpha value is -2.68. The second kappa shape index (κ2) is 9.08. The van der Waals surface area contributed by atoms with E-state index in [0.29, 0.717) is 18.4 Å². The topological polar surface area (TPSA) is 109 Å². The van der Waals surface area contributed by atoms with Gasteiger partial charge >= 0.3 is 6.18 Å². The van der Waals surface area contributed by atoms with Gasteiger partial charge in [0.15, 0.2) is 9.84 Å². The van der Waals surface area contributed by atoms with E-state index in [1.54, 1.807) is 0 Å². The number of rotatable bonds is 6. The van der Waals surface area contributed by atoms with Crippen molar-refractivity contribution in [3.8, 4) is 17.2 Å². The highest BCUT2D eigenvalue weighted by Gasteiger charge is 2.51. The molecule has 1 amide bonds. The molecule has 1 N–H and O–H groups in total. The average molecular weight is 528 g/mol. The standard InChI is InChI=1S/C23H21ClF3N3O4S/c1-34-19-9-16(8-17(19)21(31)30-22(12-28)4-5-22)35(32,33)20-3-2-13(7-18(20)23(25,26)27)14-6-15(24)11-29-10-14/h2-3,6-7,10-11,16-17,19H,4-5,8-9H2,1H3,(H,30,31)/t16-,17-,19-/m0/s1. The molecule has 2 aliphatic rings. The number of hydrogen-bond donors (Lipinski definition) is 1. The van der Waals surface area contributed by atoms with Crippen molar-refractivity contribution in [2.75, 3.05) is 7.11 Å². The number of nitriles is 1. The van der Waals surface area contributed by atoms with Crippen molar-refractivity contribution in [1.29, 1.82) is 5.26 Å². The van der Waals surface area contributed by atoms with Crippen LogP contribution in [0.1, 0.15) is 31.2 Å². The molecule has 1 heterocycles. The zero-order valence-corrected chi connectivity index (χ0v) is 20.0. The van der Waals surface area contributed by atoms with Crippen LogP contribution in [0.5, 0.6) is 0 Å². The second-order valence-corrected chi connectivity index (χ2v) is 11.4.